The molecule has 0 radical (unpaired) electrons. The Morgan fingerprint density at radius 3 is 2.53 bits per heavy atom. The predicted molar refractivity (Wildman–Crippen MR) is 122 cm³/mol. The minimum atomic E-state index is -0.694. The molecule has 0 aromatic heterocycles. The quantitative estimate of drug-likeness (QED) is 0.677. The van der Waals surface area contributed by atoms with Gasteiger partial charge in [0.25, 0.3) is 5.91 Å². The third-order valence-corrected chi connectivity index (χ3v) is 6.13. The van der Waals surface area contributed by atoms with Gasteiger partial charge in [0.1, 0.15) is 12.3 Å². The van der Waals surface area contributed by atoms with E-state index in [0.717, 1.165) is 25.9 Å². The molecular formula is C25H29N3O4. The zero-order valence-electron chi connectivity index (χ0n) is 18.5. The van der Waals surface area contributed by atoms with Crippen LogP contribution in [0.2, 0.25) is 0 Å². The molecule has 1 N–H and O–H groups in total. The number of likely N-dealkylation sites (tertiary alicyclic amines) is 1. The zero-order chi connectivity index (χ0) is 22.7. The molecule has 7 nitrogen and oxygen atoms in total. The van der Waals surface area contributed by atoms with Crippen LogP contribution < -0.4 is 15.0 Å². The van der Waals surface area contributed by atoms with Crippen molar-refractivity contribution in [1.82, 2.24) is 10.2 Å². The number of fused-ring (bicyclic) bond motifs is 1. The maximum absolute atomic E-state index is 12.9. The number of ketones is 1. The number of hydrogen-bond acceptors (Lipinski definition) is 5. The lowest BCUT2D eigenvalue weighted by Crippen LogP contribution is -2.49. The Morgan fingerprint density at radius 1 is 1.12 bits per heavy atom. The molecule has 1 fully saturated rings. The fraction of sp³-hybridized carbons (Fsp3) is 0.400. The van der Waals surface area contributed by atoms with E-state index in [9.17, 15) is 14.4 Å². The number of ether oxygens (including phenoxy) is 1. The first-order chi connectivity index (χ1) is 15.4. The third kappa shape index (κ3) is 4.67. The molecule has 2 aliphatic heterocycles. The summed E-state index contributed by atoms with van der Waals surface area (Å²) in [6, 6.07) is 15.2. The fourth-order valence-corrected chi connectivity index (χ4v) is 4.39. The van der Waals surface area contributed by atoms with Gasteiger partial charge >= 0.3 is 0 Å². The van der Waals surface area contributed by atoms with Crippen LogP contribution in [0.5, 0.6) is 5.75 Å². The maximum Gasteiger partial charge on any atom is 0.268 e. The van der Waals surface area contributed by atoms with Crippen molar-refractivity contribution in [2.24, 2.45) is 0 Å². The van der Waals surface area contributed by atoms with E-state index >= 15 is 0 Å². The highest BCUT2D eigenvalue weighted by Gasteiger charge is 2.33. The first-order valence-corrected chi connectivity index (χ1v) is 11.1. The van der Waals surface area contributed by atoms with Crippen molar-refractivity contribution in [1.29, 1.82) is 0 Å². The Balaban J connectivity index is 1.49. The lowest BCUT2D eigenvalue weighted by Gasteiger charge is -2.33. The predicted octanol–water partition coefficient (Wildman–Crippen LogP) is 2.96. The highest BCUT2D eigenvalue weighted by molar-refractivity contribution is 6.05. The van der Waals surface area contributed by atoms with Crippen molar-refractivity contribution in [3.05, 3.63) is 59.7 Å². The number of nitrogens with one attached hydrogen (secondary N) is 1. The van der Waals surface area contributed by atoms with Crippen molar-refractivity contribution in [2.75, 3.05) is 31.1 Å². The highest BCUT2D eigenvalue weighted by Crippen LogP contribution is 2.35. The van der Waals surface area contributed by atoms with Gasteiger partial charge < -0.3 is 10.1 Å². The van der Waals surface area contributed by atoms with Gasteiger partial charge in [0.05, 0.1) is 11.7 Å². The zero-order valence-corrected chi connectivity index (χ0v) is 18.5. The van der Waals surface area contributed by atoms with E-state index < -0.39 is 6.10 Å². The van der Waals surface area contributed by atoms with Crippen molar-refractivity contribution in [3.63, 3.8) is 0 Å². The molecule has 4 rings (SSSR count). The summed E-state index contributed by atoms with van der Waals surface area (Å²) in [5.41, 5.74) is 2.09. The molecule has 0 bridgehead atoms. The molecule has 0 saturated carbocycles. The van der Waals surface area contributed by atoms with E-state index in [4.69, 9.17) is 4.74 Å². The van der Waals surface area contributed by atoms with E-state index in [2.05, 4.69) is 22.3 Å². The van der Waals surface area contributed by atoms with Gasteiger partial charge in [-0.25, -0.2) is 0 Å². The molecule has 2 aliphatic rings. The van der Waals surface area contributed by atoms with Gasteiger partial charge in [-0.3, -0.25) is 24.2 Å². The lowest BCUT2D eigenvalue weighted by atomic mass is 10.1. The molecule has 1 saturated heterocycles. The molecule has 2 aromatic carbocycles. The van der Waals surface area contributed by atoms with Gasteiger partial charge in [-0.1, -0.05) is 30.3 Å². The molecule has 32 heavy (non-hydrogen) atoms. The molecule has 0 spiro atoms. The molecule has 2 amide bonds. The van der Waals surface area contributed by atoms with Crippen LogP contribution in [0.4, 0.5) is 5.69 Å². The SMILES string of the molecule is CC(=O)c1ccc2c(c1)N(CC(=O)NCC(c1ccccc1)N1CCCC1)C(=O)C(C)O2. The van der Waals surface area contributed by atoms with Gasteiger partial charge in [0, 0.05) is 12.1 Å². The van der Waals surface area contributed by atoms with Crippen molar-refractivity contribution in [2.45, 2.75) is 38.8 Å². The maximum atomic E-state index is 12.9. The minimum absolute atomic E-state index is 0.0959. The van der Waals surface area contributed by atoms with E-state index in [1.54, 1.807) is 25.1 Å². The average molecular weight is 436 g/mol. The lowest BCUT2D eigenvalue weighted by molar-refractivity contribution is -0.128. The van der Waals surface area contributed by atoms with E-state index in [0.29, 0.717) is 23.5 Å². The number of carbonyl (C=O) groups excluding carboxylic acids is 3. The summed E-state index contributed by atoms with van der Waals surface area (Å²) in [6.07, 6.45) is 1.62. The second kappa shape index (κ2) is 9.53. The summed E-state index contributed by atoms with van der Waals surface area (Å²) in [4.78, 5) is 41.3. The first-order valence-electron chi connectivity index (χ1n) is 11.1. The molecule has 7 heteroatoms. The number of anilines is 1. The van der Waals surface area contributed by atoms with Crippen LogP contribution in [-0.4, -0.2) is 54.8 Å². The number of rotatable bonds is 7. The third-order valence-electron chi connectivity index (χ3n) is 6.13. The molecule has 2 heterocycles. The molecule has 2 aromatic rings. The molecule has 2 unspecified atom stereocenters. The van der Waals surface area contributed by atoms with E-state index in [1.807, 2.05) is 18.2 Å². The summed E-state index contributed by atoms with van der Waals surface area (Å²) >= 11 is 0. The largest absolute Gasteiger partial charge is 0.479 e. The summed E-state index contributed by atoms with van der Waals surface area (Å²) in [7, 11) is 0. The number of nitrogens with zero attached hydrogens (tertiary/aromatic N) is 2. The standard InChI is InChI=1S/C25H29N3O4/c1-17(29)20-10-11-23-21(14-20)28(25(31)18(2)32-23)16-24(30)26-15-22(27-12-6-7-13-27)19-8-4-3-5-9-19/h3-5,8-11,14,18,22H,6-7,12-13,15-16H2,1-2H3,(H,26,30). The summed E-state index contributed by atoms with van der Waals surface area (Å²) in [5, 5.41) is 3.03. The molecular weight excluding hydrogens is 406 g/mol. The number of hydrogen-bond donors (Lipinski definition) is 1. The van der Waals surface area contributed by atoms with E-state index in [1.165, 1.54) is 17.4 Å². The van der Waals surface area contributed by atoms with Gasteiger partial charge in [-0.2, -0.15) is 0 Å². The smallest absolute Gasteiger partial charge is 0.268 e. The second-order valence-corrected chi connectivity index (χ2v) is 8.40. The Bertz CT molecular complexity index is 1000. The highest BCUT2D eigenvalue weighted by atomic mass is 16.5. The van der Waals surface area contributed by atoms with Crippen LogP contribution in [0.25, 0.3) is 0 Å². The monoisotopic (exact) mass is 435 g/mol. The number of amides is 2. The molecule has 2 atom stereocenters. The van der Waals surface area contributed by atoms with Crippen LogP contribution in [0.1, 0.15) is 48.7 Å². The fourth-order valence-electron chi connectivity index (χ4n) is 4.39. The van der Waals surface area contributed by atoms with Gasteiger partial charge in [0.15, 0.2) is 11.9 Å². The average Bonchev–Trinajstić information content (AvgIpc) is 3.32. The molecule has 0 aliphatic carbocycles. The Labute approximate surface area is 188 Å². The Kier molecular flexibility index (Phi) is 6.55. The van der Waals surface area contributed by atoms with Crippen molar-refractivity contribution < 1.29 is 19.1 Å². The normalized spacial score (nSPS) is 19.2. The van der Waals surface area contributed by atoms with Crippen LogP contribution >= 0.6 is 0 Å². The van der Waals surface area contributed by atoms with Crippen molar-refractivity contribution >= 4 is 23.3 Å². The van der Waals surface area contributed by atoms with Gasteiger partial charge in [-0.05, 0) is 63.5 Å². The van der Waals surface area contributed by atoms with Crippen LogP contribution in [0.3, 0.4) is 0 Å². The first kappa shape index (κ1) is 22.0. The van der Waals surface area contributed by atoms with E-state index in [-0.39, 0.29) is 30.2 Å². The Hall–Kier alpha value is -3.19. The summed E-state index contributed by atoms with van der Waals surface area (Å²) in [5.74, 6) is -0.159. The minimum Gasteiger partial charge on any atom is -0.479 e. The van der Waals surface area contributed by atoms with Crippen molar-refractivity contribution in [3.8, 4) is 5.75 Å². The Morgan fingerprint density at radius 2 is 1.84 bits per heavy atom. The van der Waals surface area contributed by atoms with Crippen LogP contribution in [-0.2, 0) is 9.59 Å². The summed E-state index contributed by atoms with van der Waals surface area (Å²) < 4.78 is 5.67. The molecule has 168 valence electrons. The van der Waals surface area contributed by atoms with Gasteiger partial charge in [0.2, 0.25) is 5.91 Å². The number of benzene rings is 2. The van der Waals surface area contributed by atoms with Gasteiger partial charge in [-0.15, -0.1) is 0 Å². The van der Waals surface area contributed by atoms with Crippen LogP contribution in [0, 0.1) is 0 Å². The summed E-state index contributed by atoms with van der Waals surface area (Å²) in [6.45, 7) is 5.49. The number of Topliss-reactive ketones (excluding diaryl/α,β-unsaturated/α-hetero) is 1. The number of carbonyl (C=O) groups is 3. The van der Waals surface area contributed by atoms with Crippen LogP contribution in [0.15, 0.2) is 48.5 Å². The topological polar surface area (TPSA) is 79.0 Å². The second-order valence-electron chi connectivity index (χ2n) is 8.40.